The van der Waals surface area contributed by atoms with Gasteiger partial charge in [0.05, 0.1) is 11.5 Å². The summed E-state index contributed by atoms with van der Waals surface area (Å²) in [6, 6.07) is 2.17. The molecule has 0 radical (unpaired) electrons. The van der Waals surface area contributed by atoms with Crippen molar-refractivity contribution in [2.24, 2.45) is 5.92 Å². The zero-order chi connectivity index (χ0) is 20.2. The van der Waals surface area contributed by atoms with Crippen LogP contribution in [0.3, 0.4) is 0 Å². The Balaban J connectivity index is 1.98. The Morgan fingerprint density at radius 2 is 1.96 bits per heavy atom. The van der Waals surface area contributed by atoms with Crippen molar-refractivity contribution in [2.45, 2.75) is 25.9 Å². The molecule has 0 unspecified atom stereocenters. The smallest absolute Gasteiger partial charge is 0.348 e. The molecule has 148 valence electrons. The summed E-state index contributed by atoms with van der Waals surface area (Å²) in [7, 11) is 0. The average molecular weight is 389 g/mol. The van der Waals surface area contributed by atoms with E-state index >= 15 is 0 Å². The summed E-state index contributed by atoms with van der Waals surface area (Å²) in [6.07, 6.45) is -3.94. The molecule has 10 heteroatoms. The number of rotatable bonds is 4. The predicted octanol–water partition coefficient (Wildman–Crippen LogP) is 2.16. The number of hydrogen-bond donors (Lipinski definition) is 2. The SMILES string of the molecule is CCCNC(=O)C(=O)N1CC[C@H](C(=O)Nc2ccc(F)c(C(F)(F)F)c2)C1. The monoisotopic (exact) mass is 389 g/mol. The molecule has 1 aliphatic heterocycles. The van der Waals surface area contributed by atoms with Crippen LogP contribution in [0.2, 0.25) is 0 Å². The van der Waals surface area contributed by atoms with E-state index in [1.807, 2.05) is 6.92 Å². The van der Waals surface area contributed by atoms with Gasteiger partial charge >= 0.3 is 18.0 Å². The third kappa shape index (κ3) is 5.18. The van der Waals surface area contributed by atoms with Crippen LogP contribution < -0.4 is 10.6 Å². The molecular formula is C17H19F4N3O3. The Labute approximate surface area is 152 Å². The molecule has 1 aliphatic rings. The van der Waals surface area contributed by atoms with Gasteiger partial charge in [0.15, 0.2) is 0 Å². The fourth-order valence-corrected chi connectivity index (χ4v) is 2.68. The van der Waals surface area contributed by atoms with Gasteiger partial charge in [0.1, 0.15) is 5.82 Å². The van der Waals surface area contributed by atoms with Gasteiger partial charge in [-0.1, -0.05) is 6.92 Å². The molecule has 0 bridgehead atoms. The second-order valence-electron chi connectivity index (χ2n) is 6.17. The van der Waals surface area contributed by atoms with E-state index < -0.39 is 41.2 Å². The highest BCUT2D eigenvalue weighted by Gasteiger charge is 2.36. The molecule has 1 aromatic rings. The number of benzene rings is 1. The second-order valence-corrected chi connectivity index (χ2v) is 6.17. The highest BCUT2D eigenvalue weighted by atomic mass is 19.4. The normalized spacial score (nSPS) is 16.9. The zero-order valence-corrected chi connectivity index (χ0v) is 14.5. The Morgan fingerprint density at radius 3 is 2.59 bits per heavy atom. The van der Waals surface area contributed by atoms with E-state index in [0.717, 1.165) is 6.07 Å². The Kier molecular flexibility index (Phi) is 6.40. The molecule has 0 aromatic heterocycles. The number of nitrogens with zero attached hydrogens (tertiary/aromatic N) is 1. The predicted molar refractivity (Wildman–Crippen MR) is 88.0 cm³/mol. The third-order valence-corrected chi connectivity index (χ3v) is 4.12. The van der Waals surface area contributed by atoms with Gasteiger partial charge in [0.25, 0.3) is 0 Å². The maximum absolute atomic E-state index is 13.3. The molecular weight excluding hydrogens is 370 g/mol. The van der Waals surface area contributed by atoms with Crippen LogP contribution in [0, 0.1) is 11.7 Å². The van der Waals surface area contributed by atoms with Crippen LogP contribution in [0.1, 0.15) is 25.3 Å². The Morgan fingerprint density at radius 1 is 1.26 bits per heavy atom. The number of amides is 3. The second kappa shape index (κ2) is 8.36. The van der Waals surface area contributed by atoms with Crippen molar-refractivity contribution in [3.8, 4) is 0 Å². The van der Waals surface area contributed by atoms with Crippen molar-refractivity contribution < 1.29 is 31.9 Å². The van der Waals surface area contributed by atoms with Gasteiger partial charge in [0.2, 0.25) is 5.91 Å². The van der Waals surface area contributed by atoms with E-state index in [2.05, 4.69) is 10.6 Å². The molecule has 6 nitrogen and oxygen atoms in total. The number of carbonyl (C=O) groups is 3. The first kappa shape index (κ1) is 20.7. The zero-order valence-electron chi connectivity index (χ0n) is 14.5. The van der Waals surface area contributed by atoms with Gasteiger partial charge in [-0.2, -0.15) is 13.2 Å². The summed E-state index contributed by atoms with van der Waals surface area (Å²) in [5.41, 5.74) is -1.67. The molecule has 1 saturated heterocycles. The lowest BCUT2D eigenvalue weighted by molar-refractivity contribution is -0.145. The molecule has 2 N–H and O–H groups in total. The summed E-state index contributed by atoms with van der Waals surface area (Å²) in [6.45, 7) is 2.36. The fourth-order valence-electron chi connectivity index (χ4n) is 2.68. The molecule has 0 saturated carbocycles. The van der Waals surface area contributed by atoms with E-state index in [1.165, 1.54) is 4.90 Å². The minimum absolute atomic E-state index is 0.0163. The van der Waals surface area contributed by atoms with E-state index in [1.54, 1.807) is 0 Å². The number of hydrogen-bond acceptors (Lipinski definition) is 3. The lowest BCUT2D eigenvalue weighted by Gasteiger charge is -2.16. The maximum Gasteiger partial charge on any atom is 0.419 e. The van der Waals surface area contributed by atoms with Crippen LogP contribution in [0.4, 0.5) is 23.2 Å². The minimum atomic E-state index is -4.88. The van der Waals surface area contributed by atoms with E-state index in [0.29, 0.717) is 25.1 Å². The van der Waals surface area contributed by atoms with E-state index in [9.17, 15) is 31.9 Å². The molecule has 3 amide bonds. The van der Waals surface area contributed by atoms with Gasteiger partial charge in [0, 0.05) is 25.3 Å². The van der Waals surface area contributed by atoms with Gasteiger partial charge in [-0.15, -0.1) is 0 Å². The number of anilines is 1. The third-order valence-electron chi connectivity index (χ3n) is 4.12. The highest BCUT2D eigenvalue weighted by molar-refractivity contribution is 6.35. The van der Waals surface area contributed by atoms with Crippen molar-refractivity contribution in [1.29, 1.82) is 0 Å². The van der Waals surface area contributed by atoms with E-state index in [-0.39, 0.29) is 25.2 Å². The van der Waals surface area contributed by atoms with Crippen LogP contribution >= 0.6 is 0 Å². The molecule has 1 fully saturated rings. The van der Waals surface area contributed by atoms with Gasteiger partial charge in [-0.25, -0.2) is 4.39 Å². The number of halogens is 4. The molecule has 0 spiro atoms. The number of nitrogens with one attached hydrogen (secondary N) is 2. The molecule has 27 heavy (non-hydrogen) atoms. The largest absolute Gasteiger partial charge is 0.419 e. The van der Waals surface area contributed by atoms with E-state index in [4.69, 9.17) is 0 Å². The van der Waals surface area contributed by atoms with Crippen molar-refractivity contribution in [3.05, 3.63) is 29.6 Å². The van der Waals surface area contributed by atoms with Gasteiger partial charge < -0.3 is 15.5 Å². The van der Waals surface area contributed by atoms with Gasteiger partial charge in [-0.3, -0.25) is 14.4 Å². The fraction of sp³-hybridized carbons (Fsp3) is 0.471. The summed E-state index contributed by atoms with van der Waals surface area (Å²) in [4.78, 5) is 37.1. The molecule has 1 heterocycles. The maximum atomic E-state index is 13.3. The standard InChI is InChI=1S/C17H19F4N3O3/c1-2-6-22-15(26)16(27)24-7-5-10(9-24)14(25)23-11-3-4-13(18)12(8-11)17(19,20)21/h3-4,8,10H,2,5-7,9H2,1H3,(H,22,26)(H,23,25)/t10-/m0/s1. The summed E-state index contributed by atoms with van der Waals surface area (Å²) in [5.74, 6) is -4.21. The van der Waals surface area contributed by atoms with Crippen LogP contribution in [-0.4, -0.2) is 42.3 Å². The number of likely N-dealkylation sites (tertiary alicyclic amines) is 1. The number of alkyl halides is 3. The lowest BCUT2D eigenvalue weighted by atomic mass is 10.1. The summed E-state index contributed by atoms with van der Waals surface area (Å²) >= 11 is 0. The topological polar surface area (TPSA) is 78.5 Å². The first-order chi connectivity index (χ1) is 12.6. The Hall–Kier alpha value is -2.65. The molecule has 0 aliphatic carbocycles. The molecule has 1 atom stereocenters. The Bertz CT molecular complexity index is 737. The van der Waals surface area contributed by atoms with Crippen molar-refractivity contribution >= 4 is 23.4 Å². The molecule has 2 rings (SSSR count). The van der Waals surface area contributed by atoms with Crippen LogP contribution in [-0.2, 0) is 20.6 Å². The summed E-state index contributed by atoms with van der Waals surface area (Å²) < 4.78 is 51.5. The van der Waals surface area contributed by atoms with Crippen molar-refractivity contribution in [3.63, 3.8) is 0 Å². The van der Waals surface area contributed by atoms with Crippen LogP contribution in [0.5, 0.6) is 0 Å². The van der Waals surface area contributed by atoms with Gasteiger partial charge in [-0.05, 0) is 31.0 Å². The minimum Gasteiger partial charge on any atom is -0.348 e. The number of carbonyl (C=O) groups excluding carboxylic acids is 3. The average Bonchev–Trinajstić information content (AvgIpc) is 3.09. The summed E-state index contributed by atoms with van der Waals surface area (Å²) in [5, 5.41) is 4.75. The molecule has 1 aromatic carbocycles. The first-order valence-corrected chi connectivity index (χ1v) is 8.38. The van der Waals surface area contributed by atoms with Crippen molar-refractivity contribution in [1.82, 2.24) is 10.2 Å². The quantitative estimate of drug-likeness (QED) is 0.612. The highest BCUT2D eigenvalue weighted by Crippen LogP contribution is 2.33. The first-order valence-electron chi connectivity index (χ1n) is 8.38. The van der Waals surface area contributed by atoms with Crippen LogP contribution in [0.25, 0.3) is 0 Å². The van der Waals surface area contributed by atoms with Crippen LogP contribution in [0.15, 0.2) is 18.2 Å². The van der Waals surface area contributed by atoms with Crippen molar-refractivity contribution in [2.75, 3.05) is 25.0 Å². The lowest BCUT2D eigenvalue weighted by Crippen LogP contribution is -2.42.